The van der Waals surface area contributed by atoms with Crippen molar-refractivity contribution in [1.29, 1.82) is 0 Å². The van der Waals surface area contributed by atoms with E-state index in [1.165, 1.54) is 17.0 Å². The Kier molecular flexibility index (Phi) is 6.01. The SMILES string of the molecule is CN1CCC(C(=O)c2cccc(N(C(N)=S)c3cccc([N+](=O)[O-])c3)c2)CC1. The van der Waals surface area contributed by atoms with Crippen LogP contribution in [0.4, 0.5) is 17.1 Å². The summed E-state index contributed by atoms with van der Waals surface area (Å²) >= 11 is 5.18. The van der Waals surface area contributed by atoms with Gasteiger partial charge in [-0.15, -0.1) is 0 Å². The third kappa shape index (κ3) is 4.35. The molecule has 0 aliphatic carbocycles. The molecule has 0 spiro atoms. The van der Waals surface area contributed by atoms with E-state index >= 15 is 0 Å². The number of thiocarbonyl (C=S) groups is 1. The van der Waals surface area contributed by atoms with Crippen LogP contribution in [-0.2, 0) is 0 Å². The molecule has 0 amide bonds. The molecule has 0 saturated carbocycles. The first-order valence-corrected chi connectivity index (χ1v) is 9.44. The zero-order valence-electron chi connectivity index (χ0n) is 15.6. The lowest BCUT2D eigenvalue weighted by Gasteiger charge is -2.28. The first-order valence-electron chi connectivity index (χ1n) is 9.03. The molecule has 1 aliphatic heterocycles. The summed E-state index contributed by atoms with van der Waals surface area (Å²) in [5, 5.41) is 11.1. The third-order valence-electron chi connectivity index (χ3n) is 5.00. The maximum Gasteiger partial charge on any atom is 0.271 e. The van der Waals surface area contributed by atoms with E-state index in [4.69, 9.17) is 18.0 Å². The maximum atomic E-state index is 12.9. The van der Waals surface area contributed by atoms with Gasteiger partial charge in [0, 0.05) is 29.3 Å². The number of nitrogens with two attached hydrogens (primary N) is 1. The molecule has 28 heavy (non-hydrogen) atoms. The summed E-state index contributed by atoms with van der Waals surface area (Å²) in [6.07, 6.45) is 1.67. The zero-order chi connectivity index (χ0) is 20.3. The van der Waals surface area contributed by atoms with Crippen LogP contribution in [0.3, 0.4) is 0 Å². The molecule has 0 atom stereocenters. The lowest BCUT2D eigenvalue weighted by atomic mass is 9.89. The molecule has 3 rings (SSSR count). The maximum absolute atomic E-state index is 12.9. The van der Waals surface area contributed by atoms with Crippen molar-refractivity contribution in [1.82, 2.24) is 4.90 Å². The molecule has 1 aliphatic rings. The van der Waals surface area contributed by atoms with Crippen molar-refractivity contribution in [3.8, 4) is 0 Å². The Hall–Kier alpha value is -2.84. The van der Waals surface area contributed by atoms with E-state index in [0.717, 1.165) is 25.9 Å². The Bertz CT molecular complexity index is 910. The van der Waals surface area contributed by atoms with Crippen LogP contribution >= 0.6 is 12.2 Å². The first kappa shape index (κ1) is 19.9. The van der Waals surface area contributed by atoms with Crippen molar-refractivity contribution in [3.05, 3.63) is 64.2 Å². The number of hydrogen-bond donors (Lipinski definition) is 1. The standard InChI is InChI=1S/C20H22N4O3S/c1-22-10-8-14(9-11-22)19(25)15-4-2-5-16(12-15)23(20(21)28)17-6-3-7-18(13-17)24(26)27/h2-7,12-14H,8-11H2,1H3,(H2,21,28). The predicted molar refractivity (Wildman–Crippen MR) is 113 cm³/mol. The fraction of sp³-hybridized carbons (Fsp3) is 0.300. The Morgan fingerprint density at radius 3 is 2.39 bits per heavy atom. The van der Waals surface area contributed by atoms with Gasteiger partial charge in [0.2, 0.25) is 0 Å². The summed E-state index contributed by atoms with van der Waals surface area (Å²) < 4.78 is 0. The van der Waals surface area contributed by atoms with E-state index in [2.05, 4.69) is 11.9 Å². The first-order chi connectivity index (χ1) is 13.4. The molecule has 7 nitrogen and oxygen atoms in total. The highest BCUT2D eigenvalue weighted by atomic mass is 32.1. The van der Waals surface area contributed by atoms with Crippen molar-refractivity contribution < 1.29 is 9.72 Å². The van der Waals surface area contributed by atoms with Crippen LogP contribution in [-0.4, -0.2) is 40.9 Å². The number of anilines is 2. The van der Waals surface area contributed by atoms with Crippen molar-refractivity contribution in [2.24, 2.45) is 11.7 Å². The highest BCUT2D eigenvalue weighted by Crippen LogP contribution is 2.30. The summed E-state index contributed by atoms with van der Waals surface area (Å²) in [6.45, 7) is 1.81. The van der Waals surface area contributed by atoms with Crippen LogP contribution < -0.4 is 10.6 Å². The fourth-order valence-electron chi connectivity index (χ4n) is 3.45. The third-order valence-corrected chi connectivity index (χ3v) is 5.18. The molecular formula is C20H22N4O3S. The van der Waals surface area contributed by atoms with E-state index in [1.807, 2.05) is 0 Å². The number of rotatable bonds is 5. The lowest BCUT2D eigenvalue weighted by Crippen LogP contribution is -2.34. The van der Waals surface area contributed by atoms with Crippen molar-refractivity contribution in [2.45, 2.75) is 12.8 Å². The van der Waals surface area contributed by atoms with Crippen LogP contribution in [0, 0.1) is 16.0 Å². The van der Waals surface area contributed by atoms with E-state index in [9.17, 15) is 14.9 Å². The van der Waals surface area contributed by atoms with Gasteiger partial charge in [0.25, 0.3) is 5.69 Å². The minimum Gasteiger partial charge on any atom is -0.376 e. The van der Waals surface area contributed by atoms with Crippen molar-refractivity contribution in [2.75, 3.05) is 25.0 Å². The summed E-state index contributed by atoms with van der Waals surface area (Å²) in [4.78, 5) is 27.3. The Labute approximate surface area is 168 Å². The Balaban J connectivity index is 1.92. The summed E-state index contributed by atoms with van der Waals surface area (Å²) in [5.41, 5.74) is 7.53. The van der Waals surface area contributed by atoms with Gasteiger partial charge in [-0.05, 0) is 63.4 Å². The van der Waals surface area contributed by atoms with Crippen molar-refractivity contribution in [3.63, 3.8) is 0 Å². The normalized spacial score (nSPS) is 15.2. The quantitative estimate of drug-likeness (QED) is 0.357. The number of hydrogen-bond acceptors (Lipinski definition) is 5. The van der Waals surface area contributed by atoms with Gasteiger partial charge in [-0.1, -0.05) is 18.2 Å². The van der Waals surface area contributed by atoms with Gasteiger partial charge >= 0.3 is 0 Å². The molecule has 1 heterocycles. The number of Topliss-reactive ketones (excluding diaryl/α,β-unsaturated/α-hetero) is 1. The molecule has 2 aromatic rings. The van der Waals surface area contributed by atoms with Gasteiger partial charge in [-0.3, -0.25) is 19.8 Å². The van der Waals surface area contributed by atoms with Gasteiger partial charge in [0.15, 0.2) is 10.9 Å². The largest absolute Gasteiger partial charge is 0.376 e. The number of piperidine rings is 1. The number of non-ortho nitro benzene ring substituents is 1. The van der Waals surface area contributed by atoms with Crippen LogP contribution in [0.25, 0.3) is 0 Å². The Morgan fingerprint density at radius 1 is 1.18 bits per heavy atom. The number of nitrogens with zero attached hydrogens (tertiary/aromatic N) is 3. The van der Waals surface area contributed by atoms with Crippen LogP contribution in [0.2, 0.25) is 0 Å². The number of carbonyl (C=O) groups is 1. The molecule has 8 heteroatoms. The van der Waals surface area contributed by atoms with E-state index in [0.29, 0.717) is 16.9 Å². The highest BCUT2D eigenvalue weighted by molar-refractivity contribution is 7.80. The highest BCUT2D eigenvalue weighted by Gasteiger charge is 2.25. The van der Waals surface area contributed by atoms with Gasteiger partial charge in [-0.2, -0.15) is 0 Å². The van der Waals surface area contributed by atoms with Gasteiger partial charge < -0.3 is 10.6 Å². The number of ketones is 1. The molecule has 1 fully saturated rings. The topological polar surface area (TPSA) is 92.7 Å². The molecule has 1 saturated heterocycles. The second-order valence-electron chi connectivity index (χ2n) is 6.94. The number of likely N-dealkylation sites (tertiary alicyclic amines) is 1. The average molecular weight is 398 g/mol. The molecule has 0 unspecified atom stereocenters. The molecule has 146 valence electrons. The number of nitro benzene ring substituents is 1. The van der Waals surface area contributed by atoms with Crippen LogP contribution in [0.15, 0.2) is 48.5 Å². The molecule has 2 aromatic carbocycles. The summed E-state index contributed by atoms with van der Waals surface area (Å²) in [7, 11) is 2.06. The van der Waals surface area contributed by atoms with E-state index in [1.54, 1.807) is 36.4 Å². The number of carbonyl (C=O) groups excluding carboxylic acids is 1. The monoisotopic (exact) mass is 398 g/mol. The van der Waals surface area contributed by atoms with Crippen LogP contribution in [0.1, 0.15) is 23.2 Å². The summed E-state index contributed by atoms with van der Waals surface area (Å²) in [6, 6.07) is 13.2. The zero-order valence-corrected chi connectivity index (χ0v) is 16.4. The van der Waals surface area contributed by atoms with E-state index < -0.39 is 4.92 Å². The summed E-state index contributed by atoms with van der Waals surface area (Å²) in [5.74, 6) is 0.111. The second-order valence-corrected chi connectivity index (χ2v) is 7.36. The minimum absolute atomic E-state index is 0.00235. The molecular weight excluding hydrogens is 376 g/mol. The van der Waals surface area contributed by atoms with Crippen molar-refractivity contribution >= 4 is 40.2 Å². The van der Waals surface area contributed by atoms with Crippen LogP contribution in [0.5, 0.6) is 0 Å². The van der Waals surface area contributed by atoms with E-state index in [-0.39, 0.29) is 22.5 Å². The smallest absolute Gasteiger partial charge is 0.271 e. The molecule has 0 aromatic heterocycles. The lowest BCUT2D eigenvalue weighted by molar-refractivity contribution is -0.384. The minimum atomic E-state index is -0.471. The fourth-order valence-corrected chi connectivity index (χ4v) is 3.66. The second kappa shape index (κ2) is 8.45. The number of nitro groups is 1. The average Bonchev–Trinajstić information content (AvgIpc) is 2.68. The van der Waals surface area contributed by atoms with Gasteiger partial charge in [-0.25, -0.2) is 0 Å². The predicted octanol–water partition coefficient (Wildman–Crippen LogP) is 3.50. The number of benzene rings is 2. The molecule has 0 bridgehead atoms. The Morgan fingerprint density at radius 2 is 1.79 bits per heavy atom. The van der Waals surface area contributed by atoms with Gasteiger partial charge in [0.1, 0.15) is 0 Å². The molecule has 0 radical (unpaired) electrons. The van der Waals surface area contributed by atoms with Gasteiger partial charge in [0.05, 0.1) is 10.6 Å². The molecule has 2 N–H and O–H groups in total.